The third kappa shape index (κ3) is 4.59. The molecular weight excluding hydrogens is 368 g/mol. The van der Waals surface area contributed by atoms with Crippen LogP contribution >= 0.6 is 0 Å². The van der Waals surface area contributed by atoms with E-state index in [1.165, 1.54) is 7.11 Å². The van der Waals surface area contributed by atoms with Gasteiger partial charge in [-0.1, -0.05) is 12.1 Å². The molecule has 152 valence electrons. The van der Waals surface area contributed by atoms with E-state index in [1.54, 1.807) is 36.3 Å². The molecule has 0 atom stereocenters. The Hall–Kier alpha value is -3.28. The number of hydrogen-bond donors (Lipinski definition) is 1. The molecule has 0 spiro atoms. The van der Waals surface area contributed by atoms with Gasteiger partial charge in [-0.05, 0) is 49.6 Å². The maximum absolute atomic E-state index is 12.9. The third-order valence-electron chi connectivity index (χ3n) is 4.92. The second-order valence-corrected chi connectivity index (χ2v) is 6.87. The predicted octanol–water partition coefficient (Wildman–Crippen LogP) is 4.20. The summed E-state index contributed by atoms with van der Waals surface area (Å²) in [6.45, 7) is 4.47. The number of methoxy groups -OCH3 is 2. The fraction of sp³-hybridized carbons (Fsp3) is 0.304. The van der Waals surface area contributed by atoms with Crippen molar-refractivity contribution in [2.75, 3.05) is 31.0 Å². The van der Waals surface area contributed by atoms with Crippen molar-refractivity contribution in [2.45, 2.75) is 25.7 Å². The standard InChI is InChI=1S/C23H26N2O4/c1-4-8-16-13-17(14-20(28-2)22(16)29-3)23(27)24-18-9-7-10-19(15-18)25-12-6-5-11-21(25)26/h4,7,9-10,13-15H,1,5-6,8,11-12H2,2-3H3,(H,24,27). The van der Waals surface area contributed by atoms with Crippen LogP contribution in [0.2, 0.25) is 0 Å². The molecule has 29 heavy (non-hydrogen) atoms. The second kappa shape index (κ2) is 9.28. The van der Waals surface area contributed by atoms with Crippen molar-refractivity contribution in [3.05, 3.63) is 60.2 Å². The Morgan fingerprint density at radius 3 is 2.72 bits per heavy atom. The highest BCUT2D eigenvalue weighted by Gasteiger charge is 2.20. The summed E-state index contributed by atoms with van der Waals surface area (Å²) in [4.78, 5) is 26.8. The van der Waals surface area contributed by atoms with Crippen molar-refractivity contribution in [1.82, 2.24) is 0 Å². The van der Waals surface area contributed by atoms with E-state index in [4.69, 9.17) is 9.47 Å². The fourth-order valence-electron chi connectivity index (χ4n) is 3.52. The Morgan fingerprint density at radius 1 is 1.21 bits per heavy atom. The maximum atomic E-state index is 12.9. The average molecular weight is 394 g/mol. The van der Waals surface area contributed by atoms with Crippen LogP contribution in [0.5, 0.6) is 11.5 Å². The minimum atomic E-state index is -0.265. The molecule has 0 aliphatic carbocycles. The molecule has 3 rings (SSSR count). The number of ether oxygens (including phenoxy) is 2. The zero-order valence-corrected chi connectivity index (χ0v) is 16.9. The van der Waals surface area contributed by atoms with Gasteiger partial charge in [0.05, 0.1) is 14.2 Å². The van der Waals surface area contributed by atoms with Gasteiger partial charge in [-0.15, -0.1) is 6.58 Å². The summed E-state index contributed by atoms with van der Waals surface area (Å²) in [5.74, 6) is 0.936. The van der Waals surface area contributed by atoms with Crippen LogP contribution in [0.25, 0.3) is 0 Å². The minimum absolute atomic E-state index is 0.119. The zero-order chi connectivity index (χ0) is 20.8. The number of carbonyl (C=O) groups excluding carboxylic acids is 2. The molecule has 0 unspecified atom stereocenters. The van der Waals surface area contributed by atoms with Crippen molar-refractivity contribution in [1.29, 1.82) is 0 Å². The third-order valence-corrected chi connectivity index (χ3v) is 4.92. The van der Waals surface area contributed by atoms with Crippen molar-refractivity contribution >= 4 is 23.2 Å². The minimum Gasteiger partial charge on any atom is -0.493 e. The number of carbonyl (C=O) groups is 2. The van der Waals surface area contributed by atoms with E-state index in [0.29, 0.717) is 42.1 Å². The number of nitrogens with zero attached hydrogens (tertiary/aromatic N) is 1. The van der Waals surface area contributed by atoms with Crippen molar-refractivity contribution in [3.63, 3.8) is 0 Å². The first-order valence-electron chi connectivity index (χ1n) is 9.65. The molecule has 1 heterocycles. The van der Waals surface area contributed by atoms with Crippen LogP contribution in [0, 0.1) is 0 Å². The first-order valence-corrected chi connectivity index (χ1v) is 9.65. The van der Waals surface area contributed by atoms with Gasteiger partial charge in [-0.25, -0.2) is 0 Å². The number of nitrogens with one attached hydrogen (secondary N) is 1. The number of amides is 2. The normalized spacial score (nSPS) is 13.7. The molecule has 1 saturated heterocycles. The van der Waals surface area contributed by atoms with Gasteiger partial charge in [0.25, 0.3) is 5.91 Å². The summed E-state index contributed by atoms with van der Waals surface area (Å²) in [6.07, 6.45) is 4.78. The molecular formula is C23H26N2O4. The van der Waals surface area contributed by atoms with E-state index >= 15 is 0 Å². The number of piperidine rings is 1. The van der Waals surface area contributed by atoms with E-state index in [2.05, 4.69) is 11.9 Å². The molecule has 0 radical (unpaired) electrons. The summed E-state index contributed by atoms with van der Waals surface area (Å²) in [6, 6.07) is 10.8. The molecule has 1 aliphatic heterocycles. The Bertz CT molecular complexity index is 923. The molecule has 6 nitrogen and oxygen atoms in total. The Morgan fingerprint density at radius 2 is 2.03 bits per heavy atom. The molecule has 1 N–H and O–H groups in total. The summed E-state index contributed by atoms with van der Waals surface area (Å²) in [5.41, 5.74) is 2.71. The summed E-state index contributed by atoms with van der Waals surface area (Å²) < 4.78 is 10.8. The molecule has 1 fully saturated rings. The van der Waals surface area contributed by atoms with E-state index < -0.39 is 0 Å². The number of hydrogen-bond acceptors (Lipinski definition) is 4. The highest BCUT2D eigenvalue weighted by Crippen LogP contribution is 2.33. The van der Waals surface area contributed by atoms with E-state index in [1.807, 2.05) is 18.2 Å². The number of anilines is 2. The van der Waals surface area contributed by atoms with Gasteiger partial charge in [0.15, 0.2) is 11.5 Å². The van der Waals surface area contributed by atoms with Gasteiger partial charge < -0.3 is 19.7 Å². The topological polar surface area (TPSA) is 67.9 Å². The van der Waals surface area contributed by atoms with E-state index in [-0.39, 0.29) is 11.8 Å². The van der Waals surface area contributed by atoms with Gasteiger partial charge in [-0.2, -0.15) is 0 Å². The van der Waals surface area contributed by atoms with Crippen LogP contribution in [0.15, 0.2) is 49.1 Å². The lowest BCUT2D eigenvalue weighted by Crippen LogP contribution is -2.35. The van der Waals surface area contributed by atoms with Crippen LogP contribution in [-0.4, -0.2) is 32.6 Å². The first kappa shape index (κ1) is 20.5. The number of allylic oxidation sites excluding steroid dienone is 1. The van der Waals surface area contributed by atoms with Gasteiger partial charge >= 0.3 is 0 Å². The highest BCUT2D eigenvalue weighted by molar-refractivity contribution is 6.05. The molecule has 6 heteroatoms. The largest absolute Gasteiger partial charge is 0.493 e. The fourth-order valence-corrected chi connectivity index (χ4v) is 3.52. The first-order chi connectivity index (χ1) is 14.1. The SMILES string of the molecule is C=CCc1cc(C(=O)Nc2cccc(N3CCCCC3=O)c2)cc(OC)c1OC. The Labute approximate surface area is 171 Å². The lowest BCUT2D eigenvalue weighted by molar-refractivity contribution is -0.119. The molecule has 0 bridgehead atoms. The van der Waals surface area contributed by atoms with Crippen LogP contribution < -0.4 is 19.7 Å². The van der Waals surface area contributed by atoms with Crippen LogP contribution in [-0.2, 0) is 11.2 Å². The Kier molecular flexibility index (Phi) is 6.54. The zero-order valence-electron chi connectivity index (χ0n) is 16.9. The van der Waals surface area contributed by atoms with Crippen molar-refractivity contribution in [3.8, 4) is 11.5 Å². The van der Waals surface area contributed by atoms with E-state index in [9.17, 15) is 9.59 Å². The molecule has 2 aromatic carbocycles. The number of rotatable bonds is 7. The van der Waals surface area contributed by atoms with Gasteiger partial charge in [0.1, 0.15) is 0 Å². The maximum Gasteiger partial charge on any atom is 0.255 e. The Balaban J connectivity index is 1.85. The summed E-state index contributed by atoms with van der Waals surface area (Å²) in [7, 11) is 3.11. The lowest BCUT2D eigenvalue weighted by Gasteiger charge is -2.27. The monoisotopic (exact) mass is 394 g/mol. The van der Waals surface area contributed by atoms with E-state index in [0.717, 1.165) is 24.1 Å². The summed E-state index contributed by atoms with van der Waals surface area (Å²) in [5, 5.41) is 2.91. The van der Waals surface area contributed by atoms with Crippen LogP contribution in [0.3, 0.4) is 0 Å². The quantitative estimate of drug-likeness (QED) is 0.715. The van der Waals surface area contributed by atoms with Crippen molar-refractivity contribution < 1.29 is 19.1 Å². The molecule has 0 aromatic heterocycles. The second-order valence-electron chi connectivity index (χ2n) is 6.87. The van der Waals surface area contributed by atoms with Gasteiger partial charge in [-0.3, -0.25) is 9.59 Å². The average Bonchev–Trinajstić information content (AvgIpc) is 2.73. The summed E-state index contributed by atoms with van der Waals surface area (Å²) >= 11 is 0. The molecule has 2 aromatic rings. The number of benzene rings is 2. The van der Waals surface area contributed by atoms with Crippen LogP contribution in [0.1, 0.15) is 35.2 Å². The van der Waals surface area contributed by atoms with Crippen LogP contribution in [0.4, 0.5) is 11.4 Å². The molecule has 2 amide bonds. The lowest BCUT2D eigenvalue weighted by atomic mass is 10.0. The molecule has 0 saturated carbocycles. The molecule has 1 aliphatic rings. The van der Waals surface area contributed by atoms with Crippen molar-refractivity contribution in [2.24, 2.45) is 0 Å². The van der Waals surface area contributed by atoms with Gasteiger partial charge in [0.2, 0.25) is 5.91 Å². The van der Waals surface area contributed by atoms with Gasteiger partial charge in [0, 0.05) is 35.5 Å². The highest BCUT2D eigenvalue weighted by atomic mass is 16.5. The smallest absolute Gasteiger partial charge is 0.255 e. The predicted molar refractivity (Wildman–Crippen MR) is 114 cm³/mol.